The zero-order valence-electron chi connectivity index (χ0n) is 23.8. The number of amides is 1. The van der Waals surface area contributed by atoms with Crippen molar-refractivity contribution in [3.63, 3.8) is 0 Å². The Morgan fingerprint density at radius 2 is 1.68 bits per heavy atom. The topological polar surface area (TPSA) is 93.6 Å². The molecule has 1 heterocycles. The molecule has 0 fully saturated rings. The molecule has 1 amide bonds. The molecule has 7 heteroatoms. The minimum Gasteiger partial charge on any atom is -0.507 e. The van der Waals surface area contributed by atoms with E-state index in [2.05, 4.69) is 59.7 Å². The van der Waals surface area contributed by atoms with E-state index < -0.39 is 5.91 Å². The second-order valence-corrected chi connectivity index (χ2v) is 10.1. The summed E-state index contributed by atoms with van der Waals surface area (Å²) in [6.45, 7) is 7.45. The standard InChI is InChI=1S/C33H40N4O3/c1-4-6-19-36(22-24-13-18-28(32(34)39)30(38)21-24)23-29-31(25-14-16-27(40-3)17-15-25)35-33(37(29)20-7-5-2)26-11-9-8-10-12-26/h8-18,21,38H,4-7,19-20,22-23H2,1-3H3,(H2,34,39). The summed E-state index contributed by atoms with van der Waals surface area (Å²) in [6, 6.07) is 23.6. The lowest BCUT2D eigenvalue weighted by Crippen LogP contribution is -2.26. The summed E-state index contributed by atoms with van der Waals surface area (Å²) in [4.78, 5) is 19.3. The molecular formula is C33H40N4O3. The summed E-state index contributed by atoms with van der Waals surface area (Å²) in [5.41, 5.74) is 10.7. The molecule has 1 aromatic heterocycles. The van der Waals surface area contributed by atoms with Gasteiger partial charge in [0.1, 0.15) is 17.3 Å². The van der Waals surface area contributed by atoms with Gasteiger partial charge in [0.25, 0.3) is 5.91 Å². The molecule has 40 heavy (non-hydrogen) atoms. The minimum atomic E-state index is -0.635. The predicted octanol–water partition coefficient (Wildman–Crippen LogP) is 6.63. The zero-order valence-corrected chi connectivity index (χ0v) is 23.8. The van der Waals surface area contributed by atoms with E-state index in [1.54, 1.807) is 19.2 Å². The number of carbonyl (C=O) groups is 1. The quantitative estimate of drug-likeness (QED) is 0.187. The van der Waals surface area contributed by atoms with Crippen LogP contribution in [0.4, 0.5) is 0 Å². The van der Waals surface area contributed by atoms with Crippen LogP contribution in [0.15, 0.2) is 72.8 Å². The zero-order chi connectivity index (χ0) is 28.5. The van der Waals surface area contributed by atoms with Crippen molar-refractivity contribution in [2.75, 3.05) is 13.7 Å². The van der Waals surface area contributed by atoms with E-state index in [1.165, 1.54) is 0 Å². The molecule has 0 unspecified atom stereocenters. The van der Waals surface area contributed by atoms with Gasteiger partial charge in [0.05, 0.1) is 24.1 Å². The van der Waals surface area contributed by atoms with E-state index in [0.29, 0.717) is 13.1 Å². The van der Waals surface area contributed by atoms with Crippen molar-refractivity contribution in [3.8, 4) is 34.1 Å². The Labute approximate surface area is 237 Å². The number of carbonyl (C=O) groups excluding carboxylic acids is 1. The van der Waals surface area contributed by atoms with E-state index in [0.717, 1.165) is 78.4 Å². The fourth-order valence-electron chi connectivity index (χ4n) is 4.94. The van der Waals surface area contributed by atoms with Crippen LogP contribution in [0, 0.1) is 0 Å². The number of nitrogens with zero attached hydrogens (tertiary/aromatic N) is 3. The van der Waals surface area contributed by atoms with Crippen LogP contribution in [0.5, 0.6) is 11.5 Å². The van der Waals surface area contributed by atoms with Gasteiger partial charge in [-0.3, -0.25) is 9.69 Å². The fraction of sp³-hybridized carbons (Fsp3) is 0.333. The van der Waals surface area contributed by atoms with E-state index in [1.807, 2.05) is 24.3 Å². The molecule has 0 bridgehead atoms. The fourth-order valence-corrected chi connectivity index (χ4v) is 4.94. The van der Waals surface area contributed by atoms with Crippen molar-refractivity contribution in [1.82, 2.24) is 14.5 Å². The van der Waals surface area contributed by atoms with Crippen molar-refractivity contribution in [2.24, 2.45) is 5.73 Å². The highest BCUT2D eigenvalue weighted by atomic mass is 16.5. The van der Waals surface area contributed by atoms with Crippen molar-refractivity contribution in [1.29, 1.82) is 0 Å². The lowest BCUT2D eigenvalue weighted by molar-refractivity contribution is 0.0997. The Balaban J connectivity index is 1.79. The predicted molar refractivity (Wildman–Crippen MR) is 160 cm³/mol. The van der Waals surface area contributed by atoms with Crippen LogP contribution in [-0.2, 0) is 19.6 Å². The third-order valence-corrected chi connectivity index (χ3v) is 7.14. The molecule has 0 atom stereocenters. The molecule has 210 valence electrons. The van der Waals surface area contributed by atoms with Crippen molar-refractivity contribution in [3.05, 3.63) is 89.6 Å². The maximum Gasteiger partial charge on any atom is 0.252 e. The van der Waals surface area contributed by atoms with Gasteiger partial charge in [0.2, 0.25) is 0 Å². The smallest absolute Gasteiger partial charge is 0.252 e. The molecule has 0 spiro atoms. The largest absolute Gasteiger partial charge is 0.507 e. The Bertz CT molecular complexity index is 1400. The van der Waals surface area contributed by atoms with E-state index in [4.69, 9.17) is 15.5 Å². The summed E-state index contributed by atoms with van der Waals surface area (Å²) in [5, 5.41) is 10.4. The van der Waals surface area contributed by atoms with Crippen molar-refractivity contribution < 1.29 is 14.6 Å². The van der Waals surface area contributed by atoms with Crippen LogP contribution in [0.25, 0.3) is 22.6 Å². The number of nitrogens with two attached hydrogens (primary N) is 1. The molecule has 0 radical (unpaired) electrons. The highest BCUT2D eigenvalue weighted by Gasteiger charge is 2.22. The van der Waals surface area contributed by atoms with Gasteiger partial charge in [-0.2, -0.15) is 0 Å². The highest BCUT2D eigenvalue weighted by molar-refractivity contribution is 5.95. The van der Waals surface area contributed by atoms with Gasteiger partial charge in [-0.05, 0) is 61.3 Å². The Morgan fingerprint density at radius 3 is 2.30 bits per heavy atom. The number of hydrogen-bond acceptors (Lipinski definition) is 5. The maximum atomic E-state index is 11.6. The molecular weight excluding hydrogens is 500 g/mol. The van der Waals surface area contributed by atoms with Crippen LogP contribution in [0.1, 0.15) is 61.1 Å². The monoisotopic (exact) mass is 540 g/mol. The molecule has 7 nitrogen and oxygen atoms in total. The van der Waals surface area contributed by atoms with Gasteiger partial charge in [0, 0.05) is 30.8 Å². The second-order valence-electron chi connectivity index (χ2n) is 10.1. The van der Waals surface area contributed by atoms with Crippen molar-refractivity contribution in [2.45, 2.75) is 59.2 Å². The Hall–Kier alpha value is -4.10. The molecule has 0 aliphatic heterocycles. The Morgan fingerprint density at radius 1 is 0.950 bits per heavy atom. The summed E-state index contributed by atoms with van der Waals surface area (Å²) in [7, 11) is 1.67. The first-order valence-corrected chi connectivity index (χ1v) is 14.1. The number of benzene rings is 3. The molecule has 3 N–H and O–H groups in total. The lowest BCUT2D eigenvalue weighted by Gasteiger charge is -2.24. The summed E-state index contributed by atoms with van der Waals surface area (Å²) >= 11 is 0. The van der Waals surface area contributed by atoms with Crippen LogP contribution in [0.3, 0.4) is 0 Å². The molecule has 0 saturated heterocycles. The number of aromatic hydroxyl groups is 1. The van der Waals surface area contributed by atoms with Gasteiger partial charge < -0.3 is 20.1 Å². The van der Waals surface area contributed by atoms with Gasteiger partial charge in [0.15, 0.2) is 0 Å². The minimum absolute atomic E-state index is 0.0845. The molecule has 4 aromatic rings. The van der Waals surface area contributed by atoms with E-state index >= 15 is 0 Å². The number of unbranched alkanes of at least 4 members (excludes halogenated alkanes) is 2. The van der Waals surface area contributed by atoms with Crippen LogP contribution in [0.2, 0.25) is 0 Å². The third-order valence-electron chi connectivity index (χ3n) is 7.14. The number of ether oxygens (including phenoxy) is 1. The summed E-state index contributed by atoms with van der Waals surface area (Å²) in [6.07, 6.45) is 4.23. The highest BCUT2D eigenvalue weighted by Crippen LogP contribution is 2.32. The normalized spacial score (nSPS) is 11.2. The molecule has 4 rings (SSSR count). The number of aromatic nitrogens is 2. The van der Waals surface area contributed by atoms with Crippen LogP contribution >= 0.6 is 0 Å². The van der Waals surface area contributed by atoms with Gasteiger partial charge in [-0.15, -0.1) is 0 Å². The van der Waals surface area contributed by atoms with Crippen LogP contribution < -0.4 is 10.5 Å². The number of rotatable bonds is 14. The first-order chi connectivity index (χ1) is 19.4. The lowest BCUT2D eigenvalue weighted by atomic mass is 10.1. The maximum absolute atomic E-state index is 11.6. The third kappa shape index (κ3) is 6.90. The van der Waals surface area contributed by atoms with Gasteiger partial charge >= 0.3 is 0 Å². The SMILES string of the molecule is CCCCN(Cc1ccc(C(N)=O)c(O)c1)Cc1c(-c2ccc(OC)cc2)nc(-c2ccccc2)n1CCCC. The average Bonchev–Trinajstić information content (AvgIpc) is 3.32. The number of phenols is 1. The second kappa shape index (κ2) is 13.8. The first-order valence-electron chi connectivity index (χ1n) is 14.1. The van der Waals surface area contributed by atoms with Crippen LogP contribution in [-0.4, -0.2) is 39.1 Å². The molecule has 0 aliphatic carbocycles. The molecule has 3 aromatic carbocycles. The summed E-state index contributed by atoms with van der Waals surface area (Å²) < 4.78 is 7.79. The Kier molecular flexibility index (Phi) is 9.97. The van der Waals surface area contributed by atoms with E-state index in [9.17, 15) is 9.90 Å². The number of hydrogen-bond donors (Lipinski definition) is 2. The molecule has 0 aliphatic rings. The van der Waals surface area contributed by atoms with E-state index in [-0.39, 0.29) is 11.3 Å². The number of primary amides is 1. The first kappa shape index (κ1) is 28.9. The summed E-state index contributed by atoms with van der Waals surface area (Å²) in [5.74, 6) is 1.06. The van der Waals surface area contributed by atoms with Crippen molar-refractivity contribution >= 4 is 5.91 Å². The number of methoxy groups -OCH3 is 1. The number of imidazole rings is 1. The van der Waals surface area contributed by atoms with Gasteiger partial charge in [-0.25, -0.2) is 4.98 Å². The molecule has 0 saturated carbocycles. The van der Waals surface area contributed by atoms with Gasteiger partial charge in [-0.1, -0.05) is 63.1 Å². The average molecular weight is 541 g/mol.